The Morgan fingerprint density at radius 2 is 2.00 bits per heavy atom. The van der Waals surface area contributed by atoms with Crippen LogP contribution >= 0.6 is 11.6 Å². The second kappa shape index (κ2) is 6.50. The van der Waals surface area contributed by atoms with Gasteiger partial charge in [-0.2, -0.15) is 0 Å². The van der Waals surface area contributed by atoms with Crippen LogP contribution in [0.1, 0.15) is 17.1 Å². The molecule has 0 bridgehead atoms. The average Bonchev–Trinajstić information content (AvgIpc) is 2.38. The highest BCUT2D eigenvalue weighted by Gasteiger charge is 2.05. The van der Waals surface area contributed by atoms with E-state index in [1.807, 2.05) is 24.3 Å². The van der Waals surface area contributed by atoms with E-state index in [0.29, 0.717) is 24.0 Å². The van der Waals surface area contributed by atoms with Gasteiger partial charge in [0, 0.05) is 13.5 Å². The van der Waals surface area contributed by atoms with Gasteiger partial charge in [0.2, 0.25) is 0 Å². The van der Waals surface area contributed by atoms with Crippen molar-refractivity contribution in [1.29, 1.82) is 0 Å². The van der Waals surface area contributed by atoms with Gasteiger partial charge in [-0.1, -0.05) is 23.7 Å². The van der Waals surface area contributed by atoms with E-state index in [0.717, 1.165) is 17.0 Å². The minimum atomic E-state index is 0.424. The van der Waals surface area contributed by atoms with Crippen molar-refractivity contribution in [2.45, 2.75) is 13.0 Å². The second-order valence-electron chi connectivity index (χ2n) is 4.06. The van der Waals surface area contributed by atoms with E-state index in [1.54, 1.807) is 20.3 Å². The first-order chi connectivity index (χ1) is 9.21. The summed E-state index contributed by atoms with van der Waals surface area (Å²) in [5.74, 6) is 1.49. The van der Waals surface area contributed by atoms with Crippen LogP contribution in [0.25, 0.3) is 0 Å². The van der Waals surface area contributed by atoms with Crippen LogP contribution < -0.4 is 4.74 Å². The monoisotopic (exact) mass is 278 g/mol. The SMILES string of the molecule is COCc1cc(Cl)nc(Cc2cccc(OC)c2)n1. The van der Waals surface area contributed by atoms with Crippen LogP contribution in [0, 0.1) is 0 Å². The van der Waals surface area contributed by atoms with Gasteiger partial charge in [0.1, 0.15) is 16.7 Å². The molecular weight excluding hydrogens is 264 g/mol. The average molecular weight is 279 g/mol. The number of hydrogen-bond donors (Lipinski definition) is 0. The molecule has 0 spiro atoms. The van der Waals surface area contributed by atoms with Gasteiger partial charge in [-0.25, -0.2) is 9.97 Å². The summed E-state index contributed by atoms with van der Waals surface area (Å²) < 4.78 is 10.2. The Morgan fingerprint density at radius 1 is 1.16 bits per heavy atom. The van der Waals surface area contributed by atoms with E-state index in [-0.39, 0.29) is 0 Å². The standard InChI is InChI=1S/C14H15ClN2O2/c1-18-9-11-8-13(15)17-14(16-11)7-10-4-3-5-12(6-10)19-2/h3-6,8H,7,9H2,1-2H3. The lowest BCUT2D eigenvalue weighted by molar-refractivity contribution is 0.181. The van der Waals surface area contributed by atoms with E-state index >= 15 is 0 Å². The van der Waals surface area contributed by atoms with Gasteiger partial charge in [-0.05, 0) is 23.8 Å². The molecule has 5 heteroatoms. The van der Waals surface area contributed by atoms with E-state index in [1.165, 1.54) is 0 Å². The lowest BCUT2D eigenvalue weighted by Crippen LogP contribution is -2.02. The van der Waals surface area contributed by atoms with Crippen molar-refractivity contribution in [3.63, 3.8) is 0 Å². The molecule has 2 aromatic rings. The number of methoxy groups -OCH3 is 2. The highest BCUT2D eigenvalue weighted by Crippen LogP contribution is 2.16. The third kappa shape index (κ3) is 3.91. The predicted octanol–water partition coefficient (Wildman–Crippen LogP) is 2.88. The summed E-state index contributed by atoms with van der Waals surface area (Å²) in [7, 11) is 3.27. The molecule has 0 aliphatic heterocycles. The van der Waals surface area contributed by atoms with Crippen molar-refractivity contribution in [2.24, 2.45) is 0 Å². The highest BCUT2D eigenvalue weighted by molar-refractivity contribution is 6.29. The number of aromatic nitrogens is 2. The molecule has 1 aromatic carbocycles. The fraction of sp³-hybridized carbons (Fsp3) is 0.286. The van der Waals surface area contributed by atoms with E-state index in [9.17, 15) is 0 Å². The molecule has 0 N–H and O–H groups in total. The van der Waals surface area contributed by atoms with Crippen LogP contribution in [0.2, 0.25) is 5.15 Å². The fourth-order valence-corrected chi connectivity index (χ4v) is 2.01. The van der Waals surface area contributed by atoms with Crippen LogP contribution in [0.3, 0.4) is 0 Å². The fourth-order valence-electron chi connectivity index (χ4n) is 1.78. The number of benzene rings is 1. The summed E-state index contributed by atoms with van der Waals surface area (Å²) in [4.78, 5) is 8.64. The molecule has 0 unspecified atom stereocenters. The Morgan fingerprint density at radius 3 is 2.74 bits per heavy atom. The van der Waals surface area contributed by atoms with Crippen LogP contribution in [0.15, 0.2) is 30.3 Å². The minimum absolute atomic E-state index is 0.424. The second-order valence-corrected chi connectivity index (χ2v) is 4.45. The molecule has 0 saturated carbocycles. The zero-order valence-corrected chi connectivity index (χ0v) is 11.6. The Bertz CT molecular complexity index is 561. The molecule has 0 aliphatic rings. The molecule has 0 fully saturated rings. The molecule has 0 atom stereocenters. The molecule has 2 rings (SSSR count). The third-order valence-corrected chi connectivity index (χ3v) is 2.78. The normalized spacial score (nSPS) is 10.5. The molecule has 0 amide bonds. The summed E-state index contributed by atoms with van der Waals surface area (Å²) in [5.41, 5.74) is 1.85. The number of halogens is 1. The van der Waals surface area contributed by atoms with Gasteiger partial charge >= 0.3 is 0 Å². The van der Waals surface area contributed by atoms with E-state index in [2.05, 4.69) is 9.97 Å². The number of ether oxygens (including phenoxy) is 2. The summed E-state index contributed by atoms with van der Waals surface area (Å²) >= 11 is 5.98. The zero-order chi connectivity index (χ0) is 13.7. The number of rotatable bonds is 5. The van der Waals surface area contributed by atoms with Gasteiger partial charge in [-0.3, -0.25) is 0 Å². The van der Waals surface area contributed by atoms with E-state index < -0.39 is 0 Å². The van der Waals surface area contributed by atoms with Crippen LogP contribution in [-0.4, -0.2) is 24.2 Å². The van der Waals surface area contributed by atoms with Crippen molar-refractivity contribution >= 4 is 11.6 Å². The highest BCUT2D eigenvalue weighted by atomic mass is 35.5. The molecule has 1 heterocycles. The van der Waals surface area contributed by atoms with Gasteiger partial charge in [0.05, 0.1) is 19.4 Å². The van der Waals surface area contributed by atoms with Gasteiger partial charge < -0.3 is 9.47 Å². The predicted molar refractivity (Wildman–Crippen MR) is 73.6 cm³/mol. The summed E-state index contributed by atoms with van der Waals surface area (Å²) in [6.07, 6.45) is 0.606. The number of nitrogens with zero attached hydrogens (tertiary/aromatic N) is 2. The first-order valence-corrected chi connectivity index (χ1v) is 6.23. The maximum absolute atomic E-state index is 5.98. The molecule has 100 valence electrons. The summed E-state index contributed by atoms with van der Waals surface area (Å²) in [6.45, 7) is 0.424. The molecule has 4 nitrogen and oxygen atoms in total. The Labute approximate surface area is 117 Å². The lowest BCUT2D eigenvalue weighted by Gasteiger charge is -2.06. The molecule has 1 aromatic heterocycles. The van der Waals surface area contributed by atoms with Gasteiger partial charge in [-0.15, -0.1) is 0 Å². The van der Waals surface area contributed by atoms with Crippen LogP contribution in [-0.2, 0) is 17.8 Å². The molecular formula is C14H15ClN2O2. The van der Waals surface area contributed by atoms with Gasteiger partial charge in [0.15, 0.2) is 0 Å². The largest absolute Gasteiger partial charge is 0.497 e. The first-order valence-electron chi connectivity index (χ1n) is 5.85. The Kier molecular flexibility index (Phi) is 4.71. The topological polar surface area (TPSA) is 44.2 Å². The van der Waals surface area contributed by atoms with Gasteiger partial charge in [0.25, 0.3) is 0 Å². The maximum Gasteiger partial charge on any atom is 0.134 e. The Hall–Kier alpha value is -1.65. The first kappa shape index (κ1) is 13.8. The van der Waals surface area contributed by atoms with Crippen LogP contribution in [0.4, 0.5) is 0 Å². The third-order valence-electron chi connectivity index (χ3n) is 2.58. The van der Waals surface area contributed by atoms with Crippen molar-refractivity contribution in [1.82, 2.24) is 9.97 Å². The van der Waals surface area contributed by atoms with E-state index in [4.69, 9.17) is 21.1 Å². The molecule has 19 heavy (non-hydrogen) atoms. The van der Waals surface area contributed by atoms with Crippen molar-refractivity contribution in [3.8, 4) is 5.75 Å². The molecule has 0 radical (unpaired) electrons. The lowest BCUT2D eigenvalue weighted by atomic mass is 10.1. The number of hydrogen-bond acceptors (Lipinski definition) is 4. The van der Waals surface area contributed by atoms with Crippen LogP contribution in [0.5, 0.6) is 5.75 Å². The summed E-state index contributed by atoms with van der Waals surface area (Å²) in [5, 5.41) is 0.431. The minimum Gasteiger partial charge on any atom is -0.497 e. The summed E-state index contributed by atoms with van der Waals surface area (Å²) in [6, 6.07) is 9.51. The maximum atomic E-state index is 5.98. The van der Waals surface area contributed by atoms with Crippen molar-refractivity contribution in [3.05, 3.63) is 52.6 Å². The molecule has 0 saturated heterocycles. The van der Waals surface area contributed by atoms with Crippen molar-refractivity contribution in [2.75, 3.05) is 14.2 Å². The molecule has 0 aliphatic carbocycles. The smallest absolute Gasteiger partial charge is 0.134 e. The quantitative estimate of drug-likeness (QED) is 0.789. The Balaban J connectivity index is 2.22. The van der Waals surface area contributed by atoms with Crippen molar-refractivity contribution < 1.29 is 9.47 Å². The zero-order valence-electron chi connectivity index (χ0n) is 10.9.